The van der Waals surface area contributed by atoms with Crippen LogP contribution in [-0.4, -0.2) is 179 Å². The van der Waals surface area contributed by atoms with E-state index < -0.39 is 35.3 Å². The van der Waals surface area contributed by atoms with Gasteiger partial charge in [-0.3, -0.25) is 39.0 Å². The van der Waals surface area contributed by atoms with Gasteiger partial charge in [0.05, 0.1) is 54.1 Å². The van der Waals surface area contributed by atoms with Crippen LogP contribution in [0.5, 0.6) is 0 Å². The first-order valence-corrected chi connectivity index (χ1v) is 29.2. The minimum absolute atomic E-state index is 0.0276. The van der Waals surface area contributed by atoms with Crippen LogP contribution in [0.4, 0.5) is 10.1 Å². The summed E-state index contributed by atoms with van der Waals surface area (Å²) in [5.74, 6) is 0.205. The van der Waals surface area contributed by atoms with Crippen molar-refractivity contribution in [1.82, 2.24) is 49.9 Å². The average molecular weight is 1070 g/mol. The van der Waals surface area contributed by atoms with E-state index in [1.807, 2.05) is 17.6 Å². The summed E-state index contributed by atoms with van der Waals surface area (Å²) in [6.45, 7) is 16.8. The number of aryl methyl sites for hydroxylation is 1. The van der Waals surface area contributed by atoms with Gasteiger partial charge >= 0.3 is 5.97 Å². The quantitative estimate of drug-likeness (QED) is 0.106. The molecule has 2 saturated carbocycles. The maximum Gasteiger partial charge on any atom is 0.324 e. The molecule has 412 valence electrons. The molecular formula is C58H76FN11O6S. The Balaban J connectivity index is 0.893. The van der Waals surface area contributed by atoms with Crippen LogP contribution in [0.3, 0.4) is 0 Å². The molecule has 3 aromatic heterocycles. The second-order valence-electron chi connectivity index (χ2n) is 24.3. The predicted octanol–water partition coefficient (Wildman–Crippen LogP) is 5.80. The average Bonchev–Trinajstić information content (AvgIpc) is 4.29. The summed E-state index contributed by atoms with van der Waals surface area (Å²) in [6.07, 6.45) is 9.84. The predicted molar refractivity (Wildman–Crippen MR) is 294 cm³/mol. The van der Waals surface area contributed by atoms with Crippen LogP contribution < -0.4 is 15.6 Å². The van der Waals surface area contributed by atoms with Gasteiger partial charge in [-0.05, 0) is 94.6 Å². The number of amides is 3. The molecule has 0 radical (unpaired) electrons. The van der Waals surface area contributed by atoms with Crippen LogP contribution in [0.1, 0.15) is 88.4 Å². The summed E-state index contributed by atoms with van der Waals surface area (Å²) in [7, 11) is 5.79. The molecule has 0 spiro atoms. The zero-order chi connectivity index (χ0) is 53.6. The molecule has 4 aromatic rings. The number of rotatable bonds is 11. The number of hydrogen-bond acceptors (Lipinski definition) is 14. The molecule has 8 aliphatic rings. The van der Waals surface area contributed by atoms with Crippen molar-refractivity contribution >= 4 is 57.4 Å². The number of thiazole rings is 1. The van der Waals surface area contributed by atoms with E-state index in [1.165, 1.54) is 29.2 Å². The van der Waals surface area contributed by atoms with Crippen LogP contribution in [0.2, 0.25) is 0 Å². The molecule has 19 heteroatoms. The van der Waals surface area contributed by atoms with Crippen molar-refractivity contribution in [2.45, 2.75) is 128 Å². The van der Waals surface area contributed by atoms with Gasteiger partial charge in [-0.25, -0.2) is 14.8 Å². The highest BCUT2D eigenvalue weighted by Gasteiger charge is 2.61. The number of benzene rings is 1. The normalized spacial score (nSPS) is 28.5. The third-order valence-corrected chi connectivity index (χ3v) is 19.3. The third-order valence-electron chi connectivity index (χ3n) is 18.4. The van der Waals surface area contributed by atoms with Gasteiger partial charge in [-0.2, -0.15) is 0 Å². The lowest BCUT2D eigenvalue weighted by atomic mass is 9.91. The molecular weight excluding hydrogens is 998 g/mol. The highest BCUT2D eigenvalue weighted by atomic mass is 32.1. The SMILES string of the molecule is C=C(OC)c1ncc(N2CCN(C)CC2)cc1-c1c(CC)c2cc(F)c3cc2n1CC(C)(C)COC(=O)[C@@H]1CCCN(N1)C(=O)[C@@H](NC(=O)[C@H](C1CCCC1)N1C[C@H]2CN(C(=O)[C@H]4[C@@H](C5CC5)N4C)[C@H]2C1)Cc1nc-3cs1. The fraction of sp³-hybridized carbons (Fsp3) is 0.621. The maximum atomic E-state index is 17.1. The standard InChI is InChI=1S/C58H76FN11O6S/c1-8-38-39-23-42(59)40-24-46(39)69(52(38)41-22-37(26-60-49(41)33(2)75-7)66-20-18-64(5)19-21-66)31-58(3,4)32-76-57(74)43-14-11-17-70(63-43)55(72)44(25-48-61-45(40)30-77-48)62-54(71)51(34-12-9-10-13-34)67-27-36-28-68(47(36)29-67)56(73)53-50(65(53)6)35-15-16-35/h22-24,26,30,34-36,43-44,47,50-51,53,63H,2,8-21,25,27-29,31-32H2,1,3-7H3,(H,62,71)/t36-,43-,44-,47-,50+,51-,53+,65?/m0/s1. The Hall–Kier alpha value is -5.47. The van der Waals surface area contributed by atoms with E-state index in [9.17, 15) is 14.4 Å². The van der Waals surface area contributed by atoms with Crippen molar-refractivity contribution in [2.75, 3.05) is 85.1 Å². The summed E-state index contributed by atoms with van der Waals surface area (Å²) in [5.41, 5.74) is 8.27. The van der Waals surface area contributed by atoms with E-state index in [0.717, 1.165) is 91.8 Å². The van der Waals surface area contributed by atoms with Crippen molar-refractivity contribution in [3.05, 3.63) is 58.4 Å². The van der Waals surface area contributed by atoms with Gasteiger partial charge in [0.25, 0.3) is 5.91 Å². The Morgan fingerprint density at radius 3 is 2.51 bits per heavy atom. The van der Waals surface area contributed by atoms with Gasteiger partial charge in [0.2, 0.25) is 11.8 Å². The number of hydrogen-bond donors (Lipinski definition) is 2. The Bertz CT molecular complexity index is 2980. The minimum Gasteiger partial charge on any atom is -0.495 e. The number of methoxy groups -OCH3 is 1. The van der Waals surface area contributed by atoms with Gasteiger partial charge in [0.1, 0.15) is 35.4 Å². The molecule has 12 rings (SSSR count). The first-order chi connectivity index (χ1) is 37.1. The van der Waals surface area contributed by atoms with Crippen molar-refractivity contribution in [1.29, 1.82) is 0 Å². The zero-order valence-corrected chi connectivity index (χ0v) is 46.5. The number of carbonyl (C=O) groups excluding carboxylic acids is 4. The maximum absolute atomic E-state index is 17.1. The van der Waals surface area contributed by atoms with Crippen molar-refractivity contribution < 1.29 is 33.0 Å². The molecule has 77 heavy (non-hydrogen) atoms. The summed E-state index contributed by atoms with van der Waals surface area (Å²) in [6, 6.07) is 3.75. The minimum atomic E-state index is -1.04. The number of hydrazine groups is 1. The third kappa shape index (κ3) is 9.83. The van der Waals surface area contributed by atoms with Gasteiger partial charge in [-0.1, -0.05) is 40.2 Å². The van der Waals surface area contributed by atoms with Crippen LogP contribution in [0.25, 0.3) is 39.2 Å². The smallest absolute Gasteiger partial charge is 0.324 e. The number of likely N-dealkylation sites (N-methyl/N-ethyl adjacent to an activating group) is 2. The van der Waals surface area contributed by atoms with Gasteiger partial charge in [0, 0.05) is 110 Å². The number of ether oxygens (including phenoxy) is 2. The van der Waals surface area contributed by atoms with Gasteiger partial charge in [0.15, 0.2) is 0 Å². The second-order valence-corrected chi connectivity index (χ2v) is 25.2. The molecule has 5 saturated heterocycles. The number of anilines is 1. The van der Waals surface area contributed by atoms with Gasteiger partial charge in [-0.15, -0.1) is 11.3 Å². The number of likely N-dealkylation sites (tertiary alicyclic amines) is 2. The van der Waals surface area contributed by atoms with Crippen LogP contribution >= 0.6 is 11.3 Å². The van der Waals surface area contributed by atoms with Crippen molar-refractivity contribution in [3.8, 4) is 22.5 Å². The van der Waals surface area contributed by atoms with E-state index >= 15 is 9.18 Å². The summed E-state index contributed by atoms with van der Waals surface area (Å²) in [4.78, 5) is 79.5. The van der Waals surface area contributed by atoms with E-state index in [-0.39, 0.29) is 48.8 Å². The molecule has 8 atom stereocenters. The number of carbonyl (C=O) groups is 4. The zero-order valence-electron chi connectivity index (χ0n) is 45.7. The molecule has 1 unspecified atom stereocenters. The molecule has 3 amide bonds. The number of halogens is 1. The Morgan fingerprint density at radius 2 is 1.77 bits per heavy atom. The molecule has 2 N–H and O–H groups in total. The van der Waals surface area contributed by atoms with E-state index in [2.05, 4.69) is 87.3 Å². The summed E-state index contributed by atoms with van der Waals surface area (Å²) >= 11 is 1.33. The molecule has 1 aromatic carbocycles. The number of esters is 1. The number of pyridine rings is 1. The summed E-state index contributed by atoms with van der Waals surface area (Å²) in [5, 5.41) is 7.89. The summed E-state index contributed by atoms with van der Waals surface area (Å²) < 4.78 is 31.3. The van der Waals surface area contributed by atoms with E-state index in [0.29, 0.717) is 91.0 Å². The monoisotopic (exact) mass is 1070 g/mol. The number of nitrogens with one attached hydrogen (secondary N) is 2. The lowest BCUT2D eigenvalue weighted by molar-refractivity contribution is -0.155. The van der Waals surface area contributed by atoms with Crippen LogP contribution in [0, 0.1) is 29.0 Å². The highest BCUT2D eigenvalue weighted by Crippen LogP contribution is 2.48. The number of fused-ring (bicyclic) bond motifs is 7. The van der Waals surface area contributed by atoms with E-state index in [4.69, 9.17) is 19.4 Å². The molecule has 6 aliphatic heterocycles. The largest absolute Gasteiger partial charge is 0.495 e. The van der Waals surface area contributed by atoms with Crippen LogP contribution in [0.15, 0.2) is 36.4 Å². The van der Waals surface area contributed by atoms with Crippen LogP contribution in [-0.2, 0) is 48.0 Å². The Morgan fingerprint density at radius 1 is 0.987 bits per heavy atom. The number of nitrogens with zero attached hydrogens (tertiary/aromatic N) is 9. The Kier molecular flexibility index (Phi) is 14.0. The molecule has 6 bridgehead atoms. The first-order valence-electron chi connectivity index (χ1n) is 28.4. The van der Waals surface area contributed by atoms with Crippen molar-refractivity contribution in [3.63, 3.8) is 0 Å². The van der Waals surface area contributed by atoms with Crippen molar-refractivity contribution in [2.24, 2.45) is 23.2 Å². The first kappa shape index (κ1) is 52.2. The van der Waals surface area contributed by atoms with Gasteiger partial charge < -0.3 is 34.1 Å². The highest BCUT2D eigenvalue weighted by molar-refractivity contribution is 7.10. The molecule has 17 nitrogen and oxygen atoms in total. The topological polar surface area (TPSA) is 161 Å². The number of piperazine rings is 1. The second kappa shape index (κ2) is 20.6. The number of cyclic esters (lactones) is 1. The fourth-order valence-electron chi connectivity index (χ4n) is 13.9. The molecule has 2 aliphatic carbocycles. The van der Waals surface area contributed by atoms with E-state index in [1.54, 1.807) is 13.2 Å². The lowest BCUT2D eigenvalue weighted by Crippen LogP contribution is -2.62. The number of aromatic nitrogens is 3. The Labute approximate surface area is 455 Å². The fourth-order valence-corrected chi connectivity index (χ4v) is 14.8. The molecule has 9 heterocycles. The lowest BCUT2D eigenvalue weighted by Gasteiger charge is -2.43. The molecule has 7 fully saturated rings.